The first-order chi connectivity index (χ1) is 12.6. The average molecular weight is 380 g/mol. The van der Waals surface area contributed by atoms with Crippen LogP contribution < -0.4 is 9.47 Å². The van der Waals surface area contributed by atoms with E-state index in [1.165, 1.54) is 12.3 Å². The predicted octanol–water partition coefficient (Wildman–Crippen LogP) is 4.64. The lowest BCUT2D eigenvalue weighted by Gasteiger charge is -2.10. The lowest BCUT2D eigenvalue weighted by Crippen LogP contribution is -2.04. The minimum atomic E-state index is -0.795. The summed E-state index contributed by atoms with van der Waals surface area (Å²) in [6.07, 6.45) is 2.63. The number of aromatic nitrogens is 3. The molecule has 5 nitrogen and oxygen atoms in total. The second-order valence-electron chi connectivity index (χ2n) is 5.45. The largest absolute Gasteiger partial charge is 0.494 e. The molecule has 1 aromatic heterocycles. The van der Waals surface area contributed by atoms with E-state index in [0.717, 1.165) is 18.2 Å². The summed E-state index contributed by atoms with van der Waals surface area (Å²) >= 11 is 5.80. The van der Waals surface area contributed by atoms with E-state index in [4.69, 9.17) is 21.1 Å². The van der Waals surface area contributed by atoms with E-state index in [2.05, 4.69) is 15.4 Å². The van der Waals surface area contributed by atoms with Crippen molar-refractivity contribution in [2.45, 2.75) is 12.8 Å². The van der Waals surface area contributed by atoms with Gasteiger partial charge in [0.25, 0.3) is 0 Å². The highest BCUT2D eigenvalue weighted by Crippen LogP contribution is 2.30. The van der Waals surface area contributed by atoms with Crippen LogP contribution in [-0.2, 0) is 0 Å². The Kier molecular flexibility index (Phi) is 6.01. The minimum absolute atomic E-state index is 0.0250. The zero-order chi connectivity index (χ0) is 18.4. The summed E-state index contributed by atoms with van der Waals surface area (Å²) in [4.78, 5) is 0. The summed E-state index contributed by atoms with van der Waals surface area (Å²) in [5.74, 6) is -0.809. The normalized spacial score (nSPS) is 10.7. The number of unbranched alkanes of at least 4 members (excludes halogenated alkanes) is 1. The lowest BCUT2D eigenvalue weighted by molar-refractivity contribution is 0.260. The minimum Gasteiger partial charge on any atom is -0.494 e. The first-order valence-electron chi connectivity index (χ1n) is 8.00. The quantitative estimate of drug-likeness (QED) is 0.579. The zero-order valence-corrected chi connectivity index (χ0v) is 14.5. The average Bonchev–Trinajstić information content (AvgIpc) is 3.15. The van der Waals surface area contributed by atoms with Crippen molar-refractivity contribution in [3.63, 3.8) is 0 Å². The summed E-state index contributed by atoms with van der Waals surface area (Å²) in [7, 11) is 0. The Balaban J connectivity index is 1.48. The molecule has 1 N–H and O–H groups in total. The molecule has 0 radical (unpaired) electrons. The number of H-pyrrole nitrogens is 1. The van der Waals surface area contributed by atoms with Crippen molar-refractivity contribution in [3.8, 4) is 22.8 Å². The molecule has 0 aliphatic carbocycles. The van der Waals surface area contributed by atoms with Crippen LogP contribution in [-0.4, -0.2) is 28.6 Å². The Morgan fingerprint density at radius 2 is 1.69 bits per heavy atom. The van der Waals surface area contributed by atoms with Gasteiger partial charge < -0.3 is 9.47 Å². The van der Waals surface area contributed by atoms with Crippen molar-refractivity contribution in [3.05, 3.63) is 59.3 Å². The molecule has 0 atom stereocenters. The Bertz CT molecular complexity index is 842. The monoisotopic (exact) mass is 379 g/mol. The molecule has 0 aliphatic heterocycles. The molecule has 26 heavy (non-hydrogen) atoms. The van der Waals surface area contributed by atoms with Crippen LogP contribution in [0.4, 0.5) is 8.78 Å². The fourth-order valence-corrected chi connectivity index (χ4v) is 2.43. The van der Waals surface area contributed by atoms with E-state index < -0.39 is 11.6 Å². The van der Waals surface area contributed by atoms with Crippen LogP contribution in [0.1, 0.15) is 12.8 Å². The van der Waals surface area contributed by atoms with Gasteiger partial charge in [0.1, 0.15) is 17.3 Å². The van der Waals surface area contributed by atoms with Crippen molar-refractivity contribution in [1.29, 1.82) is 0 Å². The van der Waals surface area contributed by atoms with Crippen molar-refractivity contribution in [2.24, 2.45) is 0 Å². The van der Waals surface area contributed by atoms with Gasteiger partial charge in [-0.05, 0) is 49.2 Å². The van der Waals surface area contributed by atoms with Gasteiger partial charge in [0.05, 0.1) is 25.0 Å². The Hall–Kier alpha value is -2.67. The summed E-state index contributed by atoms with van der Waals surface area (Å²) in [6, 6.07) is 9.49. The molecular formula is C18H16ClF2N3O2. The number of nitrogens with zero attached hydrogens (tertiary/aromatic N) is 2. The van der Waals surface area contributed by atoms with Gasteiger partial charge in [-0.3, -0.25) is 0 Å². The van der Waals surface area contributed by atoms with E-state index in [1.807, 2.05) is 0 Å². The Labute approximate surface area is 153 Å². The zero-order valence-electron chi connectivity index (χ0n) is 13.7. The van der Waals surface area contributed by atoms with Gasteiger partial charge >= 0.3 is 0 Å². The van der Waals surface area contributed by atoms with Crippen LogP contribution in [0.5, 0.6) is 11.5 Å². The van der Waals surface area contributed by atoms with Gasteiger partial charge in [0.15, 0.2) is 11.6 Å². The number of hydrogen-bond acceptors (Lipinski definition) is 4. The first kappa shape index (κ1) is 18.1. The molecule has 0 saturated heterocycles. The molecule has 0 amide bonds. The molecule has 0 bridgehead atoms. The van der Waals surface area contributed by atoms with Gasteiger partial charge in [0, 0.05) is 5.02 Å². The van der Waals surface area contributed by atoms with Crippen LogP contribution >= 0.6 is 11.6 Å². The molecular weight excluding hydrogens is 364 g/mol. The molecule has 0 unspecified atom stereocenters. The van der Waals surface area contributed by atoms with Gasteiger partial charge in [0.2, 0.25) is 0 Å². The molecule has 3 rings (SSSR count). The number of halogens is 3. The Morgan fingerprint density at radius 3 is 2.38 bits per heavy atom. The predicted molar refractivity (Wildman–Crippen MR) is 93.4 cm³/mol. The van der Waals surface area contributed by atoms with Crippen molar-refractivity contribution >= 4 is 11.6 Å². The van der Waals surface area contributed by atoms with Crippen molar-refractivity contribution in [2.75, 3.05) is 13.2 Å². The number of hydrogen-bond donors (Lipinski definition) is 1. The molecule has 0 aliphatic rings. The molecule has 3 aromatic rings. The summed E-state index contributed by atoms with van der Waals surface area (Å²) in [5.41, 5.74) is -0.177. The maximum Gasteiger partial charge on any atom is 0.177 e. The SMILES string of the molecule is Fc1ccc(OCCCCOc2ccc(Cl)cc2)c(F)c1-c1cn[nH]n1. The lowest BCUT2D eigenvalue weighted by atomic mass is 10.1. The van der Waals surface area contributed by atoms with Crippen LogP contribution in [0.15, 0.2) is 42.6 Å². The van der Waals surface area contributed by atoms with E-state index >= 15 is 0 Å². The fourth-order valence-electron chi connectivity index (χ4n) is 2.31. The summed E-state index contributed by atoms with van der Waals surface area (Å²) < 4.78 is 39.3. The van der Waals surface area contributed by atoms with Gasteiger partial charge in [-0.2, -0.15) is 15.4 Å². The van der Waals surface area contributed by atoms with Crippen molar-refractivity contribution in [1.82, 2.24) is 15.4 Å². The molecule has 136 valence electrons. The van der Waals surface area contributed by atoms with Gasteiger partial charge in [-0.25, -0.2) is 8.78 Å². The van der Waals surface area contributed by atoms with E-state index in [9.17, 15) is 8.78 Å². The number of rotatable bonds is 8. The van der Waals surface area contributed by atoms with Gasteiger partial charge in [-0.15, -0.1) is 0 Å². The third-order valence-electron chi connectivity index (χ3n) is 3.61. The number of aromatic amines is 1. The number of benzene rings is 2. The third-order valence-corrected chi connectivity index (χ3v) is 3.86. The molecule has 0 saturated carbocycles. The molecule has 8 heteroatoms. The highest BCUT2D eigenvalue weighted by molar-refractivity contribution is 6.30. The second-order valence-corrected chi connectivity index (χ2v) is 5.88. The molecule has 2 aromatic carbocycles. The van der Waals surface area contributed by atoms with Gasteiger partial charge in [-0.1, -0.05) is 11.6 Å². The van der Waals surface area contributed by atoms with Crippen molar-refractivity contribution < 1.29 is 18.3 Å². The highest BCUT2D eigenvalue weighted by atomic mass is 35.5. The maximum atomic E-state index is 14.4. The maximum absolute atomic E-state index is 14.4. The van der Waals surface area contributed by atoms with E-state index in [0.29, 0.717) is 18.1 Å². The highest BCUT2D eigenvalue weighted by Gasteiger charge is 2.18. The smallest absolute Gasteiger partial charge is 0.177 e. The van der Waals surface area contributed by atoms with E-state index in [-0.39, 0.29) is 23.6 Å². The fraction of sp³-hybridized carbons (Fsp3) is 0.222. The molecule has 0 spiro atoms. The number of ether oxygens (including phenoxy) is 2. The standard InChI is InChI=1S/C18H16ClF2N3O2/c19-12-3-5-13(6-4-12)25-9-1-2-10-26-16-8-7-14(20)17(18(16)21)15-11-22-24-23-15/h3-8,11H,1-2,9-10H2,(H,22,23,24). The number of nitrogens with one attached hydrogen (secondary N) is 1. The first-order valence-corrected chi connectivity index (χ1v) is 8.38. The molecule has 0 fully saturated rings. The van der Waals surface area contributed by atoms with Crippen LogP contribution in [0.2, 0.25) is 5.02 Å². The second kappa shape index (κ2) is 8.62. The summed E-state index contributed by atoms with van der Waals surface area (Å²) in [6.45, 7) is 0.784. The van der Waals surface area contributed by atoms with Crippen LogP contribution in [0.25, 0.3) is 11.3 Å². The summed E-state index contributed by atoms with van der Waals surface area (Å²) in [5, 5.41) is 10.3. The molecule has 1 heterocycles. The third kappa shape index (κ3) is 4.49. The van der Waals surface area contributed by atoms with Crippen LogP contribution in [0.3, 0.4) is 0 Å². The van der Waals surface area contributed by atoms with Crippen LogP contribution in [0, 0.1) is 11.6 Å². The topological polar surface area (TPSA) is 60.0 Å². The van der Waals surface area contributed by atoms with E-state index in [1.54, 1.807) is 24.3 Å². The Morgan fingerprint density at radius 1 is 0.962 bits per heavy atom.